The number of halogens is 3. The molecule has 0 N–H and O–H groups in total. The van der Waals surface area contributed by atoms with Crippen molar-refractivity contribution in [2.24, 2.45) is 0 Å². The van der Waals surface area contributed by atoms with Gasteiger partial charge in [0.15, 0.2) is 5.78 Å². The van der Waals surface area contributed by atoms with Crippen molar-refractivity contribution in [2.45, 2.75) is 31.9 Å². The van der Waals surface area contributed by atoms with Crippen LogP contribution in [0.1, 0.15) is 40.7 Å². The second-order valence-corrected chi connectivity index (χ2v) is 4.30. The second-order valence-electron chi connectivity index (χ2n) is 4.30. The molecule has 18 heavy (non-hydrogen) atoms. The van der Waals surface area contributed by atoms with E-state index in [4.69, 9.17) is 4.74 Å². The Labute approximate surface area is 103 Å². The van der Waals surface area contributed by atoms with Gasteiger partial charge >= 0.3 is 6.18 Å². The number of methoxy groups -OCH3 is 1. The summed E-state index contributed by atoms with van der Waals surface area (Å²) in [5.74, 6) is -0.0182. The Morgan fingerprint density at radius 2 is 1.83 bits per heavy atom. The summed E-state index contributed by atoms with van der Waals surface area (Å²) in [5, 5.41) is 0. The molecule has 2 nitrogen and oxygen atoms in total. The monoisotopic (exact) mass is 258 g/mol. The quantitative estimate of drug-likeness (QED) is 0.719. The molecule has 0 amide bonds. The van der Waals surface area contributed by atoms with E-state index in [0.717, 1.165) is 6.07 Å². The molecular weight excluding hydrogens is 245 g/mol. The lowest BCUT2D eigenvalue weighted by atomic mass is 9.95. The van der Waals surface area contributed by atoms with Crippen molar-refractivity contribution < 1.29 is 22.7 Å². The zero-order valence-electron chi connectivity index (χ0n) is 9.93. The maximum Gasteiger partial charge on any atom is 0.416 e. The van der Waals surface area contributed by atoms with E-state index in [9.17, 15) is 18.0 Å². The first-order valence-corrected chi connectivity index (χ1v) is 5.75. The van der Waals surface area contributed by atoms with Gasteiger partial charge in [0.05, 0.1) is 18.2 Å². The molecule has 1 aromatic rings. The van der Waals surface area contributed by atoms with Crippen molar-refractivity contribution >= 4 is 5.78 Å². The summed E-state index contributed by atoms with van der Waals surface area (Å²) in [6.07, 6.45) is -2.66. The first-order valence-electron chi connectivity index (χ1n) is 5.75. The minimum atomic E-state index is -4.43. The van der Waals surface area contributed by atoms with Crippen molar-refractivity contribution in [2.75, 3.05) is 7.11 Å². The predicted octanol–water partition coefficient (Wildman–Crippen LogP) is 3.62. The number of ether oxygens (including phenoxy) is 1. The van der Waals surface area contributed by atoms with Gasteiger partial charge in [0.2, 0.25) is 0 Å². The topological polar surface area (TPSA) is 26.3 Å². The molecule has 0 aromatic heterocycles. The zero-order valence-corrected chi connectivity index (χ0v) is 9.93. The van der Waals surface area contributed by atoms with Crippen LogP contribution in [-0.4, -0.2) is 12.9 Å². The first-order chi connectivity index (χ1) is 8.45. The Hall–Kier alpha value is -1.52. The van der Waals surface area contributed by atoms with E-state index in [0.29, 0.717) is 12.8 Å². The SMILES string of the molecule is COc1ccc(C(F)(F)F)c2c1C(=O)CCCC2. The fourth-order valence-electron chi connectivity index (χ4n) is 2.34. The highest BCUT2D eigenvalue weighted by Crippen LogP contribution is 2.39. The van der Waals surface area contributed by atoms with Crippen LogP contribution in [0.2, 0.25) is 0 Å². The lowest BCUT2D eigenvalue weighted by molar-refractivity contribution is -0.138. The minimum Gasteiger partial charge on any atom is -0.496 e. The molecule has 0 fully saturated rings. The fraction of sp³-hybridized carbons (Fsp3) is 0.462. The number of alkyl halides is 3. The lowest BCUT2D eigenvalue weighted by Gasteiger charge is -2.17. The molecule has 1 aromatic carbocycles. The molecule has 0 saturated carbocycles. The molecule has 0 unspecified atom stereocenters. The Kier molecular flexibility index (Phi) is 3.32. The largest absolute Gasteiger partial charge is 0.496 e. The maximum atomic E-state index is 12.9. The Bertz CT molecular complexity index is 478. The molecule has 0 spiro atoms. The molecule has 0 radical (unpaired) electrons. The van der Waals surface area contributed by atoms with Crippen LogP contribution in [0.25, 0.3) is 0 Å². The van der Waals surface area contributed by atoms with Crippen LogP contribution in [0.4, 0.5) is 13.2 Å². The summed E-state index contributed by atoms with van der Waals surface area (Å²) >= 11 is 0. The summed E-state index contributed by atoms with van der Waals surface area (Å²) in [6, 6.07) is 2.22. The second kappa shape index (κ2) is 4.63. The van der Waals surface area contributed by atoms with Gasteiger partial charge in [0.25, 0.3) is 0 Å². The van der Waals surface area contributed by atoms with E-state index < -0.39 is 11.7 Å². The highest BCUT2D eigenvalue weighted by atomic mass is 19.4. The molecule has 0 bridgehead atoms. The Morgan fingerprint density at radius 3 is 2.44 bits per heavy atom. The first kappa shape index (κ1) is 12.9. The number of ketones is 1. The third-order valence-electron chi connectivity index (χ3n) is 3.16. The van der Waals surface area contributed by atoms with Crippen molar-refractivity contribution in [1.29, 1.82) is 0 Å². The van der Waals surface area contributed by atoms with Gasteiger partial charge < -0.3 is 4.74 Å². The van der Waals surface area contributed by atoms with E-state index in [1.54, 1.807) is 0 Å². The number of carbonyl (C=O) groups is 1. The van der Waals surface area contributed by atoms with E-state index in [1.165, 1.54) is 13.2 Å². The fourth-order valence-corrected chi connectivity index (χ4v) is 2.34. The van der Waals surface area contributed by atoms with Crippen molar-refractivity contribution in [1.82, 2.24) is 0 Å². The van der Waals surface area contributed by atoms with Crippen LogP contribution in [0, 0.1) is 0 Å². The molecule has 0 aliphatic heterocycles. The molecule has 5 heteroatoms. The van der Waals surface area contributed by atoms with Crippen LogP contribution >= 0.6 is 0 Å². The van der Waals surface area contributed by atoms with E-state index >= 15 is 0 Å². The summed E-state index contributed by atoms with van der Waals surface area (Å²) in [7, 11) is 1.36. The molecule has 0 saturated heterocycles. The summed E-state index contributed by atoms with van der Waals surface area (Å²) in [6.45, 7) is 0. The van der Waals surface area contributed by atoms with E-state index in [-0.39, 0.29) is 35.5 Å². The van der Waals surface area contributed by atoms with E-state index in [1.807, 2.05) is 0 Å². The van der Waals surface area contributed by atoms with Gasteiger partial charge in [0.1, 0.15) is 5.75 Å². The molecule has 98 valence electrons. The van der Waals surface area contributed by atoms with Gasteiger partial charge in [-0.3, -0.25) is 4.79 Å². The van der Waals surface area contributed by atoms with Gasteiger partial charge in [-0.25, -0.2) is 0 Å². The standard InChI is InChI=1S/C13H13F3O2/c1-18-11-7-6-9(13(14,15)16)8-4-2-3-5-10(17)12(8)11/h6-7H,2-5H2,1H3. The average Bonchev–Trinajstić information content (AvgIpc) is 2.49. The van der Waals surface area contributed by atoms with Crippen molar-refractivity contribution in [3.63, 3.8) is 0 Å². The average molecular weight is 258 g/mol. The molecule has 0 atom stereocenters. The summed E-state index contributed by atoms with van der Waals surface area (Å²) in [4.78, 5) is 11.9. The van der Waals surface area contributed by atoms with E-state index in [2.05, 4.69) is 0 Å². The van der Waals surface area contributed by atoms with Crippen molar-refractivity contribution in [3.8, 4) is 5.75 Å². The van der Waals surface area contributed by atoms with Gasteiger partial charge in [0, 0.05) is 6.42 Å². The molecule has 1 aliphatic rings. The van der Waals surface area contributed by atoms with Gasteiger partial charge in [-0.2, -0.15) is 13.2 Å². The third kappa shape index (κ3) is 2.21. The van der Waals surface area contributed by atoms with Crippen LogP contribution in [0.5, 0.6) is 5.75 Å². The molecule has 0 heterocycles. The minimum absolute atomic E-state index is 0.0874. The third-order valence-corrected chi connectivity index (χ3v) is 3.16. The lowest BCUT2D eigenvalue weighted by Crippen LogP contribution is -2.13. The number of hydrogen-bond donors (Lipinski definition) is 0. The Balaban J connectivity index is 2.68. The van der Waals surface area contributed by atoms with Crippen LogP contribution in [0.15, 0.2) is 12.1 Å². The number of benzene rings is 1. The van der Waals surface area contributed by atoms with Crippen molar-refractivity contribution in [3.05, 3.63) is 28.8 Å². The number of fused-ring (bicyclic) bond motifs is 1. The number of carbonyl (C=O) groups excluding carboxylic acids is 1. The van der Waals surface area contributed by atoms with Crippen LogP contribution in [-0.2, 0) is 12.6 Å². The molecular formula is C13H13F3O2. The van der Waals surface area contributed by atoms with Gasteiger partial charge in [-0.15, -0.1) is 0 Å². The highest BCUT2D eigenvalue weighted by molar-refractivity contribution is 6.00. The zero-order chi connectivity index (χ0) is 13.3. The normalized spacial score (nSPS) is 16.1. The van der Waals surface area contributed by atoms with Gasteiger partial charge in [-0.05, 0) is 37.0 Å². The number of hydrogen-bond acceptors (Lipinski definition) is 2. The number of Topliss-reactive ketones (excluding diaryl/α,β-unsaturated/α-hetero) is 1. The van der Waals surface area contributed by atoms with Crippen LogP contribution < -0.4 is 4.74 Å². The number of rotatable bonds is 1. The summed E-state index contributed by atoms with van der Waals surface area (Å²) < 4.78 is 43.8. The van der Waals surface area contributed by atoms with Crippen LogP contribution in [0.3, 0.4) is 0 Å². The molecule has 1 aliphatic carbocycles. The smallest absolute Gasteiger partial charge is 0.416 e. The predicted molar refractivity (Wildman–Crippen MR) is 59.9 cm³/mol. The Morgan fingerprint density at radius 1 is 1.17 bits per heavy atom. The highest BCUT2D eigenvalue weighted by Gasteiger charge is 2.36. The van der Waals surface area contributed by atoms with Gasteiger partial charge in [-0.1, -0.05) is 0 Å². The summed E-state index contributed by atoms with van der Waals surface area (Å²) in [5.41, 5.74) is -0.511. The maximum absolute atomic E-state index is 12.9. The molecule has 2 rings (SSSR count).